The first-order valence-electron chi connectivity index (χ1n) is 10.6. The van der Waals surface area contributed by atoms with Crippen LogP contribution in [0.5, 0.6) is 0 Å². The number of thioether (sulfide) groups is 1. The summed E-state index contributed by atoms with van der Waals surface area (Å²) in [5, 5.41) is 4.13. The van der Waals surface area contributed by atoms with Gasteiger partial charge in [0.25, 0.3) is 5.56 Å². The molecule has 0 aliphatic carbocycles. The maximum Gasteiger partial charge on any atom is 0.267 e. The van der Waals surface area contributed by atoms with Crippen molar-refractivity contribution in [3.63, 3.8) is 0 Å². The molecule has 0 saturated carbocycles. The van der Waals surface area contributed by atoms with Crippen molar-refractivity contribution in [2.24, 2.45) is 0 Å². The van der Waals surface area contributed by atoms with E-state index in [9.17, 15) is 4.79 Å². The van der Waals surface area contributed by atoms with Gasteiger partial charge in [-0.1, -0.05) is 47.6 Å². The van der Waals surface area contributed by atoms with Crippen LogP contribution in [0.15, 0.2) is 70.1 Å². The van der Waals surface area contributed by atoms with E-state index in [1.807, 2.05) is 43.5 Å². The number of nitrogen functional groups attached to an aromatic ring is 1. The zero-order chi connectivity index (χ0) is 24.5. The molecule has 176 valence electrons. The van der Waals surface area contributed by atoms with E-state index in [2.05, 4.69) is 20.3 Å². The van der Waals surface area contributed by atoms with Crippen molar-refractivity contribution < 1.29 is 0 Å². The average Bonchev–Trinajstić information content (AvgIpc) is 3.33. The molecule has 0 spiro atoms. The summed E-state index contributed by atoms with van der Waals surface area (Å²) in [6.45, 7) is 1.92. The molecule has 3 aromatic heterocycles. The Labute approximate surface area is 214 Å². The quantitative estimate of drug-likeness (QED) is 0.284. The summed E-state index contributed by atoms with van der Waals surface area (Å²) >= 11 is 9.51. The Kier molecular flexibility index (Phi) is 6.42. The summed E-state index contributed by atoms with van der Waals surface area (Å²) < 4.78 is 2.51. The smallest absolute Gasteiger partial charge is 0.267 e. The molecule has 3 heterocycles. The number of nitrogens with zero attached hydrogens (tertiary/aromatic N) is 5. The zero-order valence-electron chi connectivity index (χ0n) is 18.8. The van der Waals surface area contributed by atoms with E-state index in [1.54, 1.807) is 58.3 Å². The molecular weight excluding hydrogens is 502 g/mol. The number of para-hydroxylation sites is 1. The third-order valence-electron chi connectivity index (χ3n) is 5.36. The van der Waals surface area contributed by atoms with Gasteiger partial charge in [-0.15, -0.1) is 11.3 Å². The highest BCUT2D eigenvalue weighted by atomic mass is 35.5. The first-order chi connectivity index (χ1) is 17.0. The van der Waals surface area contributed by atoms with Gasteiger partial charge < -0.3 is 11.1 Å². The van der Waals surface area contributed by atoms with Crippen molar-refractivity contribution in [3.8, 4) is 16.1 Å². The van der Waals surface area contributed by atoms with E-state index in [-0.39, 0.29) is 11.5 Å². The molecular formula is C24H20ClN7OS2. The second-order valence-corrected chi connectivity index (χ2v) is 10.1. The fourth-order valence-electron chi connectivity index (χ4n) is 3.76. The van der Waals surface area contributed by atoms with Gasteiger partial charge in [-0.25, -0.2) is 15.0 Å². The van der Waals surface area contributed by atoms with E-state index in [0.717, 1.165) is 14.8 Å². The van der Waals surface area contributed by atoms with Crippen molar-refractivity contribution in [2.75, 3.05) is 17.3 Å². The lowest BCUT2D eigenvalue weighted by atomic mass is 10.2. The number of fused-ring (bicyclic) bond motifs is 1. The van der Waals surface area contributed by atoms with Gasteiger partial charge >= 0.3 is 0 Å². The van der Waals surface area contributed by atoms with E-state index in [4.69, 9.17) is 22.3 Å². The summed E-state index contributed by atoms with van der Waals surface area (Å²) in [5.74, 6) is 1.17. The number of nitrogens with two attached hydrogens (primary N) is 1. The number of thiazole rings is 1. The molecule has 2 aromatic carbocycles. The topological polar surface area (TPSA) is 112 Å². The lowest BCUT2D eigenvalue weighted by Crippen LogP contribution is -2.27. The van der Waals surface area contributed by atoms with Crippen LogP contribution >= 0.6 is 34.7 Å². The van der Waals surface area contributed by atoms with Crippen molar-refractivity contribution >= 4 is 57.4 Å². The van der Waals surface area contributed by atoms with Crippen LogP contribution in [0.3, 0.4) is 0 Å². The molecule has 0 radical (unpaired) electrons. The molecule has 3 N–H and O–H groups in total. The number of halogens is 1. The van der Waals surface area contributed by atoms with Gasteiger partial charge in [-0.3, -0.25) is 9.36 Å². The lowest BCUT2D eigenvalue weighted by molar-refractivity contribution is 0.731. The summed E-state index contributed by atoms with van der Waals surface area (Å²) in [6, 6.07) is 14.2. The van der Waals surface area contributed by atoms with Crippen LogP contribution < -0.4 is 16.6 Å². The Morgan fingerprint density at radius 1 is 1.09 bits per heavy atom. The van der Waals surface area contributed by atoms with E-state index in [1.165, 1.54) is 0 Å². The molecule has 0 saturated heterocycles. The molecule has 5 aromatic rings. The van der Waals surface area contributed by atoms with Gasteiger partial charge in [0.1, 0.15) is 16.0 Å². The van der Waals surface area contributed by atoms with Gasteiger partial charge in [-0.05, 0) is 37.4 Å². The number of nitrogens with one attached hydrogen (secondary N) is 1. The van der Waals surface area contributed by atoms with Gasteiger partial charge in [0.2, 0.25) is 5.95 Å². The van der Waals surface area contributed by atoms with E-state index in [0.29, 0.717) is 33.3 Å². The number of hydrogen-bond acceptors (Lipinski definition) is 9. The standard InChI is InChI=1S/C24H20ClN7OS2/c1-13(29-20-15(11-27-23(26)31-20)18-12-28-24(34-2)35-18)21-30-17-10-6-9-16(25)19(17)22(33)32(21)14-7-4-3-5-8-14/h3-13H,1-2H3,(H3,26,27,29,31). The highest BCUT2D eigenvalue weighted by molar-refractivity contribution is 8.00. The SMILES string of the molecule is CSc1ncc(-c2cnc(N)nc2NC(C)c2nc3cccc(Cl)c3c(=O)n2-c2ccccc2)s1. The molecule has 1 atom stereocenters. The average molecular weight is 522 g/mol. The largest absolute Gasteiger partial charge is 0.368 e. The molecule has 5 rings (SSSR count). The zero-order valence-corrected chi connectivity index (χ0v) is 21.2. The Hall–Kier alpha value is -3.47. The number of hydrogen-bond donors (Lipinski definition) is 2. The Morgan fingerprint density at radius 3 is 2.63 bits per heavy atom. The van der Waals surface area contributed by atoms with Gasteiger partial charge in [0, 0.05) is 12.4 Å². The van der Waals surface area contributed by atoms with Crippen molar-refractivity contribution in [1.29, 1.82) is 0 Å². The number of benzene rings is 2. The third kappa shape index (κ3) is 4.47. The van der Waals surface area contributed by atoms with Crippen LogP contribution in [0.25, 0.3) is 27.0 Å². The van der Waals surface area contributed by atoms with Gasteiger partial charge in [0.15, 0.2) is 0 Å². The van der Waals surface area contributed by atoms with Gasteiger partial charge in [-0.2, -0.15) is 4.98 Å². The first-order valence-corrected chi connectivity index (χ1v) is 13.0. The Bertz CT molecular complexity index is 1590. The van der Waals surface area contributed by atoms with Crippen LogP contribution in [0.4, 0.5) is 11.8 Å². The first kappa shape index (κ1) is 23.3. The number of aromatic nitrogens is 5. The van der Waals surface area contributed by atoms with E-state index < -0.39 is 6.04 Å². The van der Waals surface area contributed by atoms with Crippen molar-refractivity contribution in [2.45, 2.75) is 17.3 Å². The predicted molar refractivity (Wildman–Crippen MR) is 144 cm³/mol. The molecule has 11 heteroatoms. The lowest BCUT2D eigenvalue weighted by Gasteiger charge is -2.21. The summed E-state index contributed by atoms with van der Waals surface area (Å²) in [7, 11) is 0. The fourth-order valence-corrected chi connectivity index (χ4v) is 5.43. The molecule has 0 amide bonds. The second-order valence-electron chi connectivity index (χ2n) is 7.63. The van der Waals surface area contributed by atoms with Crippen LogP contribution in [-0.4, -0.2) is 30.8 Å². The molecule has 1 unspecified atom stereocenters. The number of rotatable bonds is 6. The van der Waals surface area contributed by atoms with Crippen molar-refractivity contribution in [1.82, 2.24) is 24.5 Å². The highest BCUT2D eigenvalue weighted by Gasteiger charge is 2.21. The Balaban J connectivity index is 1.65. The van der Waals surface area contributed by atoms with Crippen LogP contribution in [0.1, 0.15) is 18.8 Å². The Morgan fingerprint density at radius 2 is 1.89 bits per heavy atom. The van der Waals surface area contributed by atoms with Gasteiger partial charge in [0.05, 0.1) is 38.1 Å². The minimum absolute atomic E-state index is 0.136. The monoisotopic (exact) mass is 521 g/mol. The summed E-state index contributed by atoms with van der Waals surface area (Å²) in [4.78, 5) is 32.4. The van der Waals surface area contributed by atoms with Crippen LogP contribution in [-0.2, 0) is 0 Å². The second kappa shape index (κ2) is 9.65. The fraction of sp³-hybridized carbons (Fsp3) is 0.125. The normalized spacial score (nSPS) is 12.1. The highest BCUT2D eigenvalue weighted by Crippen LogP contribution is 2.35. The maximum absolute atomic E-state index is 13.7. The molecule has 35 heavy (non-hydrogen) atoms. The summed E-state index contributed by atoms with van der Waals surface area (Å²) in [5.41, 5.74) is 7.65. The van der Waals surface area contributed by atoms with Crippen LogP contribution in [0.2, 0.25) is 5.02 Å². The summed E-state index contributed by atoms with van der Waals surface area (Å²) in [6.07, 6.45) is 5.44. The van der Waals surface area contributed by atoms with Crippen molar-refractivity contribution in [3.05, 3.63) is 82.1 Å². The molecule has 8 nitrogen and oxygen atoms in total. The maximum atomic E-state index is 13.7. The third-order valence-corrected chi connectivity index (χ3v) is 7.70. The van der Waals surface area contributed by atoms with Crippen LogP contribution in [0, 0.1) is 0 Å². The minimum Gasteiger partial charge on any atom is -0.368 e. The molecule has 0 aliphatic rings. The number of anilines is 2. The molecule has 0 bridgehead atoms. The molecule has 0 fully saturated rings. The minimum atomic E-state index is -0.424. The van der Waals surface area contributed by atoms with E-state index >= 15 is 0 Å². The predicted octanol–water partition coefficient (Wildman–Crippen LogP) is 5.43. The molecule has 0 aliphatic heterocycles.